The number of aromatic nitrogens is 1. The van der Waals surface area contributed by atoms with Gasteiger partial charge in [-0.15, -0.1) is 0 Å². The van der Waals surface area contributed by atoms with Crippen molar-refractivity contribution in [2.45, 2.75) is 67.7 Å². The van der Waals surface area contributed by atoms with Crippen molar-refractivity contribution in [1.82, 2.24) is 4.98 Å². The third-order valence-electron chi connectivity index (χ3n) is 3.37. The molecule has 0 atom stereocenters. The third kappa shape index (κ3) is 5.73. The fraction of sp³-hybridized carbons (Fsp3) is 0.526. The Morgan fingerprint density at radius 3 is 2.05 bits per heavy atom. The molecule has 0 saturated heterocycles. The molecule has 0 unspecified atom stereocenters. The van der Waals surface area contributed by atoms with Crippen LogP contribution in [-0.2, 0) is 0 Å². The topological polar surface area (TPSA) is 12.9 Å². The Morgan fingerprint density at radius 1 is 1.20 bits per heavy atom. The molecule has 0 amide bonds. The van der Waals surface area contributed by atoms with Crippen LogP contribution in [0.3, 0.4) is 0 Å². The minimum absolute atomic E-state index is 0.998. The van der Waals surface area contributed by atoms with E-state index in [4.69, 9.17) is 0 Å². The summed E-state index contributed by atoms with van der Waals surface area (Å²) in [5.74, 6) is 0. The van der Waals surface area contributed by atoms with Crippen LogP contribution >= 0.6 is 0 Å². The Balaban J connectivity index is 0.000000621. The Morgan fingerprint density at radius 2 is 1.75 bits per heavy atom. The molecule has 0 fully saturated rings. The molecule has 1 rings (SSSR count). The molecule has 0 aromatic carbocycles. The monoisotopic (exact) mass is 273 g/mol. The predicted molar refractivity (Wildman–Crippen MR) is 92.9 cm³/mol. The predicted octanol–water partition coefficient (Wildman–Crippen LogP) is 6.35. The van der Waals surface area contributed by atoms with E-state index in [1.54, 1.807) is 0 Å². The van der Waals surface area contributed by atoms with Crippen LogP contribution in [0.2, 0.25) is 0 Å². The molecule has 1 heterocycles. The second-order valence-electron chi connectivity index (χ2n) is 5.39. The van der Waals surface area contributed by atoms with Crippen molar-refractivity contribution in [2.75, 3.05) is 0 Å². The van der Waals surface area contributed by atoms with Crippen LogP contribution in [0.1, 0.15) is 76.4 Å². The average molecular weight is 273 g/mol. The quantitative estimate of drug-likeness (QED) is 0.622. The SMILES string of the molecule is C=C(C)c1cc(C)c(/C(C)=C\C)c(C)n1.CCCCC. The van der Waals surface area contributed by atoms with Gasteiger partial charge in [0, 0.05) is 11.3 Å². The Kier molecular flexibility index (Phi) is 8.87. The first-order chi connectivity index (χ1) is 9.38. The van der Waals surface area contributed by atoms with E-state index in [0.29, 0.717) is 0 Å². The Hall–Kier alpha value is -1.37. The Labute approximate surface area is 125 Å². The molecule has 0 bridgehead atoms. The van der Waals surface area contributed by atoms with E-state index in [-0.39, 0.29) is 0 Å². The molecule has 0 spiro atoms. The number of hydrogen-bond donors (Lipinski definition) is 0. The average Bonchev–Trinajstić information content (AvgIpc) is 2.39. The number of aryl methyl sites for hydroxylation is 2. The largest absolute Gasteiger partial charge is 0.253 e. The van der Waals surface area contributed by atoms with Crippen LogP contribution in [0, 0.1) is 13.8 Å². The number of hydrogen-bond acceptors (Lipinski definition) is 1. The van der Waals surface area contributed by atoms with Crippen LogP contribution < -0.4 is 0 Å². The second-order valence-corrected chi connectivity index (χ2v) is 5.39. The summed E-state index contributed by atoms with van der Waals surface area (Å²) in [6.45, 7) is 18.7. The van der Waals surface area contributed by atoms with Crippen molar-refractivity contribution in [3.8, 4) is 0 Å². The van der Waals surface area contributed by atoms with Crippen LogP contribution in [0.25, 0.3) is 11.1 Å². The summed E-state index contributed by atoms with van der Waals surface area (Å²) in [4.78, 5) is 4.56. The third-order valence-corrected chi connectivity index (χ3v) is 3.37. The summed E-state index contributed by atoms with van der Waals surface area (Å²) in [5, 5.41) is 0. The maximum absolute atomic E-state index is 4.56. The van der Waals surface area contributed by atoms with E-state index >= 15 is 0 Å². The Bertz CT molecular complexity index is 442. The van der Waals surface area contributed by atoms with E-state index in [1.165, 1.54) is 36.0 Å². The van der Waals surface area contributed by atoms with Gasteiger partial charge < -0.3 is 0 Å². The summed E-state index contributed by atoms with van der Waals surface area (Å²) in [6, 6.07) is 2.11. The zero-order valence-corrected chi connectivity index (χ0v) is 14.4. The molecule has 0 aliphatic carbocycles. The van der Waals surface area contributed by atoms with Gasteiger partial charge in [-0.25, -0.2) is 0 Å². The van der Waals surface area contributed by atoms with E-state index in [0.717, 1.165) is 17.0 Å². The van der Waals surface area contributed by atoms with E-state index in [9.17, 15) is 0 Å². The fourth-order valence-corrected chi connectivity index (χ4v) is 2.14. The molecule has 0 aliphatic rings. The van der Waals surface area contributed by atoms with Crippen LogP contribution in [0.5, 0.6) is 0 Å². The van der Waals surface area contributed by atoms with Gasteiger partial charge in [-0.05, 0) is 57.4 Å². The van der Waals surface area contributed by atoms with Crippen molar-refractivity contribution in [3.63, 3.8) is 0 Å². The standard InChI is InChI=1S/C14H19N.C5H12/c1-7-10(4)14-11(5)8-13(9(2)3)15-12(14)6;1-3-5-4-2/h7-8H,2H2,1,3-6H3;3-5H2,1-2H3/b10-7-;. The van der Waals surface area contributed by atoms with Gasteiger partial charge in [0.1, 0.15) is 0 Å². The minimum Gasteiger partial charge on any atom is -0.253 e. The molecule has 0 saturated carbocycles. The first kappa shape index (κ1) is 18.6. The van der Waals surface area contributed by atoms with Gasteiger partial charge in [-0.2, -0.15) is 0 Å². The summed E-state index contributed by atoms with van der Waals surface area (Å²) >= 11 is 0. The molecular formula is C19H31N. The highest BCUT2D eigenvalue weighted by molar-refractivity contribution is 5.70. The maximum Gasteiger partial charge on any atom is 0.0659 e. The number of unbranched alkanes of at least 4 members (excludes halogenated alkanes) is 2. The highest BCUT2D eigenvalue weighted by atomic mass is 14.7. The van der Waals surface area contributed by atoms with E-state index in [2.05, 4.69) is 65.2 Å². The van der Waals surface area contributed by atoms with Crippen molar-refractivity contribution >= 4 is 11.1 Å². The van der Waals surface area contributed by atoms with Crippen LogP contribution in [-0.4, -0.2) is 4.98 Å². The van der Waals surface area contributed by atoms with Crippen molar-refractivity contribution in [3.05, 3.63) is 41.2 Å². The van der Waals surface area contributed by atoms with Gasteiger partial charge in [-0.3, -0.25) is 4.98 Å². The lowest BCUT2D eigenvalue weighted by Crippen LogP contribution is -1.98. The summed E-state index contributed by atoms with van der Waals surface area (Å²) in [6.07, 6.45) is 6.20. The second kappa shape index (κ2) is 9.52. The fourth-order valence-electron chi connectivity index (χ4n) is 2.14. The molecule has 1 nitrogen and oxygen atoms in total. The van der Waals surface area contributed by atoms with Gasteiger partial charge in [0.15, 0.2) is 0 Å². The van der Waals surface area contributed by atoms with Crippen molar-refractivity contribution < 1.29 is 0 Å². The maximum atomic E-state index is 4.56. The first-order valence-corrected chi connectivity index (χ1v) is 7.66. The summed E-state index contributed by atoms with van der Waals surface area (Å²) in [7, 11) is 0. The smallest absolute Gasteiger partial charge is 0.0659 e. The lowest BCUT2D eigenvalue weighted by molar-refractivity contribution is 0.772. The van der Waals surface area contributed by atoms with E-state index in [1.807, 2.05) is 6.92 Å². The number of rotatable bonds is 4. The number of allylic oxidation sites excluding steroid dienone is 3. The molecule has 1 heteroatoms. The van der Waals surface area contributed by atoms with Gasteiger partial charge in [0.05, 0.1) is 5.69 Å². The van der Waals surface area contributed by atoms with Gasteiger partial charge in [-0.1, -0.05) is 45.8 Å². The van der Waals surface area contributed by atoms with E-state index < -0.39 is 0 Å². The summed E-state index contributed by atoms with van der Waals surface area (Å²) < 4.78 is 0. The molecule has 0 aliphatic heterocycles. The molecule has 20 heavy (non-hydrogen) atoms. The molecule has 0 N–H and O–H groups in total. The van der Waals surface area contributed by atoms with Gasteiger partial charge >= 0.3 is 0 Å². The molecular weight excluding hydrogens is 242 g/mol. The molecule has 112 valence electrons. The number of pyridine rings is 1. The van der Waals surface area contributed by atoms with Crippen molar-refractivity contribution in [1.29, 1.82) is 0 Å². The van der Waals surface area contributed by atoms with Crippen LogP contribution in [0.4, 0.5) is 0 Å². The van der Waals surface area contributed by atoms with Gasteiger partial charge in [0.25, 0.3) is 0 Å². The highest BCUT2D eigenvalue weighted by Gasteiger charge is 2.07. The molecule has 1 aromatic rings. The minimum atomic E-state index is 0.998. The van der Waals surface area contributed by atoms with Gasteiger partial charge in [0.2, 0.25) is 0 Å². The summed E-state index contributed by atoms with van der Waals surface area (Å²) in [5.41, 5.74) is 6.93. The normalized spacial score (nSPS) is 10.8. The zero-order chi connectivity index (χ0) is 15.7. The van der Waals surface area contributed by atoms with Crippen LogP contribution in [0.15, 0.2) is 18.7 Å². The number of nitrogens with zero attached hydrogens (tertiary/aromatic N) is 1. The lowest BCUT2D eigenvalue weighted by atomic mass is 9.98. The van der Waals surface area contributed by atoms with Crippen molar-refractivity contribution in [2.24, 2.45) is 0 Å². The molecule has 1 aromatic heterocycles. The first-order valence-electron chi connectivity index (χ1n) is 7.66. The highest BCUT2D eigenvalue weighted by Crippen LogP contribution is 2.23. The lowest BCUT2D eigenvalue weighted by Gasteiger charge is -2.12. The molecule has 0 radical (unpaired) electrons. The zero-order valence-electron chi connectivity index (χ0n) is 14.4.